The van der Waals surface area contributed by atoms with Crippen molar-refractivity contribution in [2.45, 2.75) is 12.5 Å². The number of benzene rings is 1. The maximum Gasteiger partial charge on any atom is 0.227 e. The molecule has 0 unspecified atom stereocenters. The Bertz CT molecular complexity index is 465. The summed E-state index contributed by atoms with van der Waals surface area (Å²) < 4.78 is 5.49. The first-order valence-electron chi connectivity index (χ1n) is 6.83. The molecule has 1 atom stereocenters. The van der Waals surface area contributed by atoms with Gasteiger partial charge in [-0.3, -0.25) is 4.79 Å². The van der Waals surface area contributed by atoms with Gasteiger partial charge in [-0.2, -0.15) is 0 Å². The molecule has 1 fully saturated rings. The number of carbonyl (C=O) groups excluding carboxylic acids is 1. The van der Waals surface area contributed by atoms with E-state index in [0.29, 0.717) is 31.2 Å². The van der Waals surface area contributed by atoms with Crippen molar-refractivity contribution < 1.29 is 9.53 Å². The number of hydrogen-bond acceptors (Lipinski definition) is 3. The number of ether oxygens (including phenoxy) is 1. The molecule has 1 aliphatic heterocycles. The molecular weight excluding hydrogens is 276 g/mol. The van der Waals surface area contributed by atoms with Crippen molar-refractivity contribution in [1.29, 1.82) is 0 Å². The summed E-state index contributed by atoms with van der Waals surface area (Å²) in [7, 11) is 4.01. The standard InChI is InChI=1S/C15H21ClN2O2/c1-17(2)10-13-11-20-8-7-18(13)15(19)9-12-5-3-4-6-14(12)16/h3-6,13H,7-11H2,1-2H3/t13-/m0/s1. The summed E-state index contributed by atoms with van der Waals surface area (Å²) in [6.45, 7) is 2.68. The van der Waals surface area contributed by atoms with E-state index in [1.54, 1.807) is 0 Å². The van der Waals surface area contributed by atoms with Crippen LogP contribution in [-0.2, 0) is 16.0 Å². The van der Waals surface area contributed by atoms with Crippen LogP contribution in [0.1, 0.15) is 5.56 Å². The SMILES string of the molecule is CN(C)C[C@H]1COCCN1C(=O)Cc1ccccc1Cl. The molecule has 1 aliphatic rings. The molecule has 1 heterocycles. The smallest absolute Gasteiger partial charge is 0.227 e. The predicted octanol–water partition coefficient (Wildman–Crippen LogP) is 1.67. The third-order valence-electron chi connectivity index (χ3n) is 3.42. The average molecular weight is 297 g/mol. The second-order valence-corrected chi connectivity index (χ2v) is 5.75. The zero-order chi connectivity index (χ0) is 14.5. The molecule has 0 radical (unpaired) electrons. The van der Waals surface area contributed by atoms with Gasteiger partial charge in [0.1, 0.15) is 0 Å². The number of likely N-dealkylation sites (N-methyl/N-ethyl adjacent to an activating group) is 1. The van der Waals surface area contributed by atoms with Crippen LogP contribution >= 0.6 is 11.6 Å². The van der Waals surface area contributed by atoms with Gasteiger partial charge in [-0.1, -0.05) is 29.8 Å². The molecule has 1 saturated heterocycles. The Hall–Kier alpha value is -1.10. The summed E-state index contributed by atoms with van der Waals surface area (Å²) in [5.74, 6) is 0.119. The van der Waals surface area contributed by atoms with Crippen molar-refractivity contribution in [2.24, 2.45) is 0 Å². The lowest BCUT2D eigenvalue weighted by atomic mass is 10.1. The van der Waals surface area contributed by atoms with Gasteiger partial charge in [-0.05, 0) is 25.7 Å². The first-order valence-corrected chi connectivity index (χ1v) is 7.21. The van der Waals surface area contributed by atoms with Crippen LogP contribution in [0, 0.1) is 0 Å². The minimum Gasteiger partial charge on any atom is -0.377 e. The molecule has 4 nitrogen and oxygen atoms in total. The van der Waals surface area contributed by atoms with E-state index in [1.807, 2.05) is 43.3 Å². The monoisotopic (exact) mass is 296 g/mol. The van der Waals surface area contributed by atoms with E-state index in [4.69, 9.17) is 16.3 Å². The lowest BCUT2D eigenvalue weighted by Gasteiger charge is -2.37. The van der Waals surface area contributed by atoms with Crippen LogP contribution in [0.3, 0.4) is 0 Å². The summed E-state index contributed by atoms with van der Waals surface area (Å²) in [6.07, 6.45) is 0.351. The molecule has 110 valence electrons. The summed E-state index contributed by atoms with van der Waals surface area (Å²) in [6, 6.07) is 7.63. The summed E-state index contributed by atoms with van der Waals surface area (Å²) in [5, 5.41) is 0.651. The van der Waals surface area contributed by atoms with Crippen LogP contribution in [0.4, 0.5) is 0 Å². The zero-order valence-electron chi connectivity index (χ0n) is 12.0. The lowest BCUT2D eigenvalue weighted by Crippen LogP contribution is -2.53. The van der Waals surface area contributed by atoms with E-state index >= 15 is 0 Å². The third-order valence-corrected chi connectivity index (χ3v) is 3.79. The molecule has 1 aromatic carbocycles. The van der Waals surface area contributed by atoms with Gasteiger partial charge in [0.15, 0.2) is 0 Å². The first-order chi connectivity index (χ1) is 9.58. The Morgan fingerprint density at radius 2 is 2.20 bits per heavy atom. The van der Waals surface area contributed by atoms with E-state index in [9.17, 15) is 4.79 Å². The molecule has 0 aliphatic carbocycles. The minimum atomic E-state index is 0.119. The van der Waals surface area contributed by atoms with Crippen molar-refractivity contribution in [3.05, 3.63) is 34.9 Å². The average Bonchev–Trinajstić information content (AvgIpc) is 2.41. The highest BCUT2D eigenvalue weighted by Crippen LogP contribution is 2.18. The van der Waals surface area contributed by atoms with Gasteiger partial charge in [0.05, 0.1) is 25.7 Å². The fraction of sp³-hybridized carbons (Fsp3) is 0.533. The molecule has 0 aromatic heterocycles. The van der Waals surface area contributed by atoms with E-state index in [-0.39, 0.29) is 11.9 Å². The van der Waals surface area contributed by atoms with Gasteiger partial charge in [-0.25, -0.2) is 0 Å². The predicted molar refractivity (Wildman–Crippen MR) is 80.0 cm³/mol. The highest BCUT2D eigenvalue weighted by atomic mass is 35.5. The number of carbonyl (C=O) groups is 1. The molecule has 20 heavy (non-hydrogen) atoms. The maximum absolute atomic E-state index is 12.5. The summed E-state index contributed by atoms with van der Waals surface area (Å²) in [5.41, 5.74) is 0.884. The normalized spacial score (nSPS) is 19.4. The quantitative estimate of drug-likeness (QED) is 0.847. The zero-order valence-corrected chi connectivity index (χ0v) is 12.8. The molecule has 0 spiro atoms. The second-order valence-electron chi connectivity index (χ2n) is 5.35. The number of rotatable bonds is 4. The molecular formula is C15H21ClN2O2. The van der Waals surface area contributed by atoms with Gasteiger partial charge < -0.3 is 14.5 Å². The van der Waals surface area contributed by atoms with Crippen molar-refractivity contribution in [3.63, 3.8) is 0 Å². The third kappa shape index (κ3) is 3.95. The van der Waals surface area contributed by atoms with Crippen molar-refractivity contribution in [2.75, 3.05) is 40.4 Å². The Morgan fingerprint density at radius 3 is 2.90 bits per heavy atom. The van der Waals surface area contributed by atoms with E-state index < -0.39 is 0 Å². The van der Waals surface area contributed by atoms with Gasteiger partial charge in [0, 0.05) is 18.1 Å². The highest BCUT2D eigenvalue weighted by molar-refractivity contribution is 6.31. The molecule has 0 N–H and O–H groups in total. The minimum absolute atomic E-state index is 0.119. The van der Waals surface area contributed by atoms with Crippen LogP contribution in [0.2, 0.25) is 5.02 Å². The highest BCUT2D eigenvalue weighted by Gasteiger charge is 2.27. The Balaban J connectivity index is 2.04. The largest absolute Gasteiger partial charge is 0.377 e. The number of morpholine rings is 1. The van der Waals surface area contributed by atoms with Crippen LogP contribution in [0.15, 0.2) is 24.3 Å². The van der Waals surface area contributed by atoms with Crippen molar-refractivity contribution in [1.82, 2.24) is 9.80 Å². The second kappa shape index (κ2) is 7.07. The number of nitrogens with zero attached hydrogens (tertiary/aromatic N) is 2. The van der Waals surface area contributed by atoms with Crippen LogP contribution in [0.5, 0.6) is 0 Å². The summed E-state index contributed by atoms with van der Waals surface area (Å²) in [4.78, 5) is 16.5. The molecule has 2 rings (SSSR count). The number of amides is 1. The number of hydrogen-bond donors (Lipinski definition) is 0. The number of halogens is 1. The van der Waals surface area contributed by atoms with Gasteiger partial charge in [0.2, 0.25) is 5.91 Å². The lowest BCUT2D eigenvalue weighted by molar-refractivity contribution is -0.139. The fourth-order valence-electron chi connectivity index (χ4n) is 2.46. The maximum atomic E-state index is 12.5. The summed E-state index contributed by atoms with van der Waals surface area (Å²) >= 11 is 6.12. The van der Waals surface area contributed by atoms with Gasteiger partial charge in [-0.15, -0.1) is 0 Å². The van der Waals surface area contributed by atoms with Crippen molar-refractivity contribution in [3.8, 4) is 0 Å². The van der Waals surface area contributed by atoms with Crippen LogP contribution < -0.4 is 0 Å². The van der Waals surface area contributed by atoms with E-state index in [2.05, 4.69) is 4.90 Å². The molecule has 0 saturated carbocycles. The van der Waals surface area contributed by atoms with E-state index in [0.717, 1.165) is 12.1 Å². The fourth-order valence-corrected chi connectivity index (χ4v) is 2.66. The molecule has 5 heteroatoms. The molecule has 0 bridgehead atoms. The van der Waals surface area contributed by atoms with E-state index in [1.165, 1.54) is 0 Å². The Morgan fingerprint density at radius 1 is 1.45 bits per heavy atom. The molecule has 1 amide bonds. The molecule has 1 aromatic rings. The Labute approximate surface area is 125 Å². The van der Waals surface area contributed by atoms with Gasteiger partial charge in [0.25, 0.3) is 0 Å². The van der Waals surface area contributed by atoms with Crippen LogP contribution in [-0.4, -0.2) is 62.1 Å². The van der Waals surface area contributed by atoms with Crippen LogP contribution in [0.25, 0.3) is 0 Å². The topological polar surface area (TPSA) is 32.8 Å². The first kappa shape index (κ1) is 15.3. The Kier molecular flexibility index (Phi) is 5.40. The van der Waals surface area contributed by atoms with Crippen molar-refractivity contribution >= 4 is 17.5 Å². The van der Waals surface area contributed by atoms with Gasteiger partial charge >= 0.3 is 0 Å².